The van der Waals surface area contributed by atoms with Crippen molar-refractivity contribution in [2.24, 2.45) is 5.92 Å². The lowest BCUT2D eigenvalue weighted by molar-refractivity contribution is -0.143. The van der Waals surface area contributed by atoms with Crippen LogP contribution in [-0.4, -0.2) is 12.6 Å². The molecular formula is C45H88O2. The van der Waals surface area contributed by atoms with Crippen LogP contribution in [-0.2, 0) is 9.53 Å². The van der Waals surface area contributed by atoms with Gasteiger partial charge in [-0.25, -0.2) is 0 Å². The monoisotopic (exact) mass is 661 g/mol. The number of ether oxygens (including phenoxy) is 1. The van der Waals surface area contributed by atoms with E-state index in [9.17, 15) is 4.79 Å². The Kier molecular flexibility index (Phi) is 40.7. The highest BCUT2D eigenvalue weighted by Gasteiger charge is 2.03. The molecule has 0 aromatic heterocycles. The van der Waals surface area contributed by atoms with Crippen LogP contribution in [0.25, 0.3) is 0 Å². The minimum absolute atomic E-state index is 0.0277. The van der Waals surface area contributed by atoms with Gasteiger partial charge in [0.2, 0.25) is 0 Å². The standard InChI is InChI=1S/C45H88O2/c1-4-5-6-7-8-9-10-11-12-13-14-15-16-17-21-24-27-30-33-36-39-42-45(46)47-43-40-37-34-31-28-25-22-19-18-20-23-26-29-32-35-38-41-44(2)3/h11-12,44H,4-10,13-43H2,1-3H3. The molecule has 47 heavy (non-hydrogen) atoms. The molecule has 0 heterocycles. The Hall–Kier alpha value is -0.790. The zero-order chi connectivity index (χ0) is 34.1. The Labute approximate surface area is 297 Å². The quantitative estimate of drug-likeness (QED) is 0.0371. The average molecular weight is 661 g/mol. The molecule has 0 aromatic carbocycles. The van der Waals surface area contributed by atoms with Crippen molar-refractivity contribution >= 4 is 5.97 Å². The molecule has 0 bridgehead atoms. The van der Waals surface area contributed by atoms with Crippen molar-refractivity contribution in [3.8, 4) is 0 Å². The van der Waals surface area contributed by atoms with Gasteiger partial charge in [-0.2, -0.15) is 0 Å². The number of unbranched alkanes of at least 4 members (excludes halogenated alkanes) is 32. The molecule has 0 aromatic rings. The van der Waals surface area contributed by atoms with E-state index < -0.39 is 0 Å². The first kappa shape index (κ1) is 46.2. The summed E-state index contributed by atoms with van der Waals surface area (Å²) in [4.78, 5) is 12.0. The van der Waals surface area contributed by atoms with Gasteiger partial charge in [-0.1, -0.05) is 226 Å². The van der Waals surface area contributed by atoms with Crippen LogP contribution in [0.2, 0.25) is 0 Å². The lowest BCUT2D eigenvalue weighted by atomic mass is 10.0. The SMILES string of the molecule is CCCCCCCCC=CCCCCCCCCCCCCCC(=O)OCCCCCCCCCCCCCCCCCCC(C)C. The van der Waals surface area contributed by atoms with E-state index in [1.165, 1.54) is 218 Å². The van der Waals surface area contributed by atoms with Crippen LogP contribution < -0.4 is 0 Å². The minimum Gasteiger partial charge on any atom is -0.466 e. The summed E-state index contributed by atoms with van der Waals surface area (Å²) >= 11 is 0. The van der Waals surface area contributed by atoms with Crippen LogP contribution in [0, 0.1) is 5.92 Å². The van der Waals surface area contributed by atoms with Crippen LogP contribution >= 0.6 is 0 Å². The molecule has 0 aliphatic carbocycles. The van der Waals surface area contributed by atoms with Gasteiger partial charge in [0.05, 0.1) is 6.61 Å². The van der Waals surface area contributed by atoms with E-state index >= 15 is 0 Å². The van der Waals surface area contributed by atoms with Crippen molar-refractivity contribution in [1.82, 2.24) is 0 Å². The number of carbonyl (C=O) groups excluding carboxylic acids is 1. The second-order valence-electron chi connectivity index (χ2n) is 15.5. The Bertz CT molecular complexity index is 609. The molecule has 0 amide bonds. The zero-order valence-electron chi connectivity index (χ0n) is 32.9. The lowest BCUT2D eigenvalue weighted by Crippen LogP contribution is -2.05. The molecule has 280 valence electrons. The molecule has 0 spiro atoms. The molecular weight excluding hydrogens is 572 g/mol. The fourth-order valence-corrected chi connectivity index (χ4v) is 6.79. The summed E-state index contributed by atoms with van der Waals surface area (Å²) in [5, 5.41) is 0. The first-order valence-electron chi connectivity index (χ1n) is 22.0. The third kappa shape index (κ3) is 43.2. The molecule has 2 nitrogen and oxygen atoms in total. The molecule has 0 rings (SSSR count). The van der Waals surface area contributed by atoms with E-state index in [4.69, 9.17) is 4.74 Å². The molecule has 0 aliphatic heterocycles. The van der Waals surface area contributed by atoms with Gasteiger partial charge in [0, 0.05) is 6.42 Å². The smallest absolute Gasteiger partial charge is 0.305 e. The van der Waals surface area contributed by atoms with Crippen molar-refractivity contribution in [3.05, 3.63) is 12.2 Å². The highest BCUT2D eigenvalue weighted by Crippen LogP contribution is 2.16. The van der Waals surface area contributed by atoms with Gasteiger partial charge in [0.15, 0.2) is 0 Å². The molecule has 2 heteroatoms. The maximum Gasteiger partial charge on any atom is 0.305 e. The third-order valence-electron chi connectivity index (χ3n) is 10.1. The first-order valence-corrected chi connectivity index (χ1v) is 22.0. The van der Waals surface area contributed by atoms with E-state index in [2.05, 4.69) is 32.9 Å². The highest BCUT2D eigenvalue weighted by atomic mass is 16.5. The molecule has 0 N–H and O–H groups in total. The maximum absolute atomic E-state index is 12.0. The molecule has 0 saturated heterocycles. The summed E-state index contributed by atoms with van der Waals surface area (Å²) in [6.45, 7) is 7.60. The Morgan fingerprint density at radius 3 is 1.13 bits per heavy atom. The van der Waals surface area contributed by atoms with Crippen LogP contribution in [0.1, 0.15) is 258 Å². The van der Waals surface area contributed by atoms with Crippen molar-refractivity contribution in [3.63, 3.8) is 0 Å². The number of hydrogen-bond donors (Lipinski definition) is 0. The van der Waals surface area contributed by atoms with Gasteiger partial charge >= 0.3 is 5.97 Å². The predicted molar refractivity (Wildman–Crippen MR) is 211 cm³/mol. The molecule has 0 fully saturated rings. The summed E-state index contributed by atoms with van der Waals surface area (Å²) in [7, 11) is 0. The molecule has 0 aliphatic rings. The number of allylic oxidation sites excluding steroid dienone is 2. The Balaban J connectivity index is 3.18. The number of hydrogen-bond acceptors (Lipinski definition) is 2. The average Bonchev–Trinajstić information content (AvgIpc) is 3.06. The highest BCUT2D eigenvalue weighted by molar-refractivity contribution is 5.69. The summed E-state index contributed by atoms with van der Waals surface area (Å²) < 4.78 is 5.48. The predicted octanol–water partition coefficient (Wildman–Crippen LogP) is 16.2. The van der Waals surface area contributed by atoms with Crippen molar-refractivity contribution in [1.29, 1.82) is 0 Å². The fraction of sp³-hybridized carbons (Fsp3) is 0.933. The maximum atomic E-state index is 12.0. The summed E-state index contributed by atoms with van der Waals surface area (Å²) in [6.07, 6.45) is 54.5. The largest absolute Gasteiger partial charge is 0.466 e. The van der Waals surface area contributed by atoms with Crippen LogP contribution in [0.4, 0.5) is 0 Å². The van der Waals surface area contributed by atoms with Gasteiger partial charge in [-0.15, -0.1) is 0 Å². The number of esters is 1. The summed E-state index contributed by atoms with van der Waals surface area (Å²) in [5.41, 5.74) is 0. The zero-order valence-corrected chi connectivity index (χ0v) is 32.9. The van der Waals surface area contributed by atoms with Crippen molar-refractivity contribution < 1.29 is 9.53 Å². The molecule has 0 radical (unpaired) electrons. The molecule has 0 unspecified atom stereocenters. The molecule has 0 saturated carbocycles. The second-order valence-corrected chi connectivity index (χ2v) is 15.5. The van der Waals surface area contributed by atoms with Gasteiger partial charge in [0.1, 0.15) is 0 Å². The third-order valence-corrected chi connectivity index (χ3v) is 10.1. The Morgan fingerprint density at radius 1 is 0.426 bits per heavy atom. The normalized spacial score (nSPS) is 11.7. The van der Waals surface area contributed by atoms with Crippen molar-refractivity contribution in [2.75, 3.05) is 6.61 Å². The first-order chi connectivity index (χ1) is 23.2. The van der Waals surface area contributed by atoms with Gasteiger partial charge in [-0.05, 0) is 44.4 Å². The van der Waals surface area contributed by atoms with Crippen LogP contribution in [0.15, 0.2) is 12.2 Å². The number of rotatable bonds is 40. The second kappa shape index (κ2) is 41.4. The summed E-state index contributed by atoms with van der Waals surface area (Å²) in [5.74, 6) is 0.906. The van der Waals surface area contributed by atoms with Crippen LogP contribution in [0.5, 0.6) is 0 Å². The lowest BCUT2D eigenvalue weighted by Gasteiger charge is -2.06. The van der Waals surface area contributed by atoms with Crippen molar-refractivity contribution in [2.45, 2.75) is 258 Å². The van der Waals surface area contributed by atoms with E-state index in [1.54, 1.807) is 0 Å². The summed E-state index contributed by atoms with van der Waals surface area (Å²) in [6, 6.07) is 0. The topological polar surface area (TPSA) is 26.3 Å². The van der Waals surface area contributed by atoms with E-state index in [1.807, 2.05) is 0 Å². The van der Waals surface area contributed by atoms with Gasteiger partial charge < -0.3 is 4.74 Å². The molecule has 0 atom stereocenters. The van der Waals surface area contributed by atoms with E-state index in [0.29, 0.717) is 13.0 Å². The number of carbonyl (C=O) groups is 1. The van der Waals surface area contributed by atoms with E-state index in [-0.39, 0.29) is 5.97 Å². The minimum atomic E-state index is 0.0277. The van der Waals surface area contributed by atoms with Crippen LogP contribution in [0.3, 0.4) is 0 Å². The van der Waals surface area contributed by atoms with Gasteiger partial charge in [0.25, 0.3) is 0 Å². The fourth-order valence-electron chi connectivity index (χ4n) is 6.79. The van der Waals surface area contributed by atoms with Gasteiger partial charge in [-0.3, -0.25) is 4.79 Å². The Morgan fingerprint density at radius 2 is 0.745 bits per heavy atom. The van der Waals surface area contributed by atoms with E-state index in [0.717, 1.165) is 18.8 Å².